The molecule has 0 unspecified atom stereocenters. The van der Waals surface area contributed by atoms with Gasteiger partial charge in [0.1, 0.15) is 10.8 Å². The first kappa shape index (κ1) is 23.4. The summed E-state index contributed by atoms with van der Waals surface area (Å²) in [5.41, 5.74) is 2.75. The topological polar surface area (TPSA) is 59.6 Å². The molecule has 1 aromatic heterocycles. The number of hydrogen-bond donors (Lipinski definition) is 2. The molecule has 0 saturated heterocycles. The van der Waals surface area contributed by atoms with Gasteiger partial charge in [0.05, 0.1) is 17.9 Å². The molecule has 2 N–H and O–H groups in total. The van der Waals surface area contributed by atoms with Crippen LogP contribution < -0.4 is 15.4 Å². The number of fused-ring (bicyclic) bond motifs is 1. The molecule has 0 saturated carbocycles. The van der Waals surface area contributed by atoms with E-state index in [2.05, 4.69) is 15.4 Å². The van der Waals surface area contributed by atoms with Crippen molar-refractivity contribution in [3.05, 3.63) is 39.8 Å². The fourth-order valence-corrected chi connectivity index (χ4v) is 5.18. The van der Waals surface area contributed by atoms with Crippen LogP contribution in [0.4, 0.5) is 19.5 Å². The number of thiocarbonyl (C=S) groups is 1. The minimum absolute atomic E-state index is 0.00573. The Morgan fingerprint density at radius 1 is 1.19 bits per heavy atom. The Bertz CT molecular complexity index is 947. The van der Waals surface area contributed by atoms with E-state index in [0.29, 0.717) is 16.3 Å². The van der Waals surface area contributed by atoms with Crippen molar-refractivity contribution in [2.45, 2.75) is 59.0 Å². The number of thiophene rings is 1. The second-order valence-electron chi connectivity index (χ2n) is 7.30. The summed E-state index contributed by atoms with van der Waals surface area (Å²) in [6, 6.07) is 4.82. The third-order valence-corrected chi connectivity index (χ3v) is 6.39. The van der Waals surface area contributed by atoms with Crippen LogP contribution in [0.5, 0.6) is 5.75 Å². The Hall–Kier alpha value is -2.26. The summed E-state index contributed by atoms with van der Waals surface area (Å²) in [6.45, 7) is 0.946. The number of hydrogen-bond acceptors (Lipinski definition) is 5. The maximum absolute atomic E-state index is 12.7. The lowest BCUT2D eigenvalue weighted by atomic mass is 9.96. The second-order valence-corrected chi connectivity index (χ2v) is 8.81. The van der Waals surface area contributed by atoms with Gasteiger partial charge in [0.25, 0.3) is 0 Å². The minimum Gasteiger partial charge on any atom is -0.462 e. The molecule has 1 aliphatic carbocycles. The Morgan fingerprint density at radius 2 is 1.94 bits per heavy atom. The fourth-order valence-electron chi connectivity index (χ4n) is 3.62. The van der Waals surface area contributed by atoms with Crippen LogP contribution in [0.2, 0.25) is 0 Å². The van der Waals surface area contributed by atoms with Gasteiger partial charge in [0.2, 0.25) is 0 Å². The van der Waals surface area contributed by atoms with Crippen LogP contribution in [0.25, 0.3) is 0 Å². The highest BCUT2D eigenvalue weighted by Crippen LogP contribution is 2.38. The molecular weight excluding hydrogens is 442 g/mol. The maximum Gasteiger partial charge on any atom is 0.387 e. The summed E-state index contributed by atoms with van der Waals surface area (Å²) in [5, 5.41) is 6.82. The van der Waals surface area contributed by atoms with Crippen molar-refractivity contribution in [1.82, 2.24) is 0 Å². The van der Waals surface area contributed by atoms with Crippen LogP contribution in [0, 0.1) is 6.92 Å². The molecule has 0 fully saturated rings. The number of anilines is 2. The van der Waals surface area contributed by atoms with E-state index in [4.69, 9.17) is 17.0 Å². The second kappa shape index (κ2) is 10.9. The molecule has 5 nitrogen and oxygen atoms in total. The van der Waals surface area contributed by atoms with Gasteiger partial charge in [0.15, 0.2) is 5.11 Å². The molecule has 0 atom stereocenters. The van der Waals surface area contributed by atoms with E-state index in [1.54, 1.807) is 19.1 Å². The molecule has 31 heavy (non-hydrogen) atoms. The van der Waals surface area contributed by atoms with Crippen LogP contribution in [0.15, 0.2) is 18.2 Å². The molecule has 3 rings (SSSR count). The van der Waals surface area contributed by atoms with E-state index in [1.165, 1.54) is 28.7 Å². The molecule has 9 heteroatoms. The van der Waals surface area contributed by atoms with Crippen LogP contribution in [0.1, 0.15) is 59.0 Å². The normalized spacial score (nSPS) is 13.7. The van der Waals surface area contributed by atoms with Gasteiger partial charge < -0.3 is 20.1 Å². The predicted octanol–water partition coefficient (Wildman–Crippen LogP) is 6.30. The first-order valence-corrected chi connectivity index (χ1v) is 11.6. The monoisotopic (exact) mass is 468 g/mol. The van der Waals surface area contributed by atoms with Gasteiger partial charge in [-0.05, 0) is 75.0 Å². The van der Waals surface area contributed by atoms with Gasteiger partial charge >= 0.3 is 12.6 Å². The first-order valence-electron chi connectivity index (χ1n) is 10.3. The molecule has 2 aromatic rings. The average Bonchev–Trinajstić information content (AvgIpc) is 3.00. The number of esters is 1. The lowest BCUT2D eigenvalue weighted by molar-refractivity contribution is -0.0493. The van der Waals surface area contributed by atoms with Gasteiger partial charge in [-0.15, -0.1) is 11.3 Å². The van der Waals surface area contributed by atoms with Crippen molar-refractivity contribution in [2.75, 3.05) is 17.2 Å². The van der Waals surface area contributed by atoms with Crippen molar-refractivity contribution >= 4 is 45.3 Å². The predicted molar refractivity (Wildman–Crippen MR) is 124 cm³/mol. The van der Waals surface area contributed by atoms with Crippen LogP contribution in [-0.2, 0) is 17.6 Å². The fraction of sp³-hybridized carbons (Fsp3) is 0.455. The third kappa shape index (κ3) is 6.13. The van der Waals surface area contributed by atoms with Gasteiger partial charge in [0, 0.05) is 4.88 Å². The number of halogens is 2. The zero-order valence-corrected chi connectivity index (χ0v) is 19.2. The van der Waals surface area contributed by atoms with Gasteiger partial charge in [-0.3, -0.25) is 0 Å². The Kier molecular flexibility index (Phi) is 8.20. The van der Waals surface area contributed by atoms with Crippen molar-refractivity contribution in [2.24, 2.45) is 0 Å². The number of rotatable bonds is 6. The molecule has 168 valence electrons. The van der Waals surface area contributed by atoms with E-state index in [0.717, 1.165) is 43.2 Å². The zero-order valence-electron chi connectivity index (χ0n) is 17.6. The molecule has 0 bridgehead atoms. The van der Waals surface area contributed by atoms with Gasteiger partial charge in [-0.2, -0.15) is 8.78 Å². The summed E-state index contributed by atoms with van der Waals surface area (Å²) in [7, 11) is 0. The Balaban J connectivity index is 1.86. The number of benzene rings is 1. The number of alkyl halides is 2. The van der Waals surface area contributed by atoms with Crippen molar-refractivity contribution in [1.29, 1.82) is 0 Å². The van der Waals surface area contributed by atoms with Crippen molar-refractivity contribution < 1.29 is 23.0 Å². The maximum atomic E-state index is 12.7. The van der Waals surface area contributed by atoms with E-state index < -0.39 is 6.61 Å². The van der Waals surface area contributed by atoms with Gasteiger partial charge in [-0.1, -0.05) is 18.9 Å². The highest BCUT2D eigenvalue weighted by atomic mass is 32.1. The largest absolute Gasteiger partial charge is 0.462 e. The molecule has 0 amide bonds. The van der Waals surface area contributed by atoms with Crippen LogP contribution in [-0.4, -0.2) is 24.3 Å². The Labute approximate surface area is 190 Å². The highest BCUT2D eigenvalue weighted by molar-refractivity contribution is 7.80. The molecule has 1 aliphatic rings. The molecule has 0 spiro atoms. The summed E-state index contributed by atoms with van der Waals surface area (Å²) in [4.78, 5) is 13.9. The molecule has 0 aliphatic heterocycles. The minimum atomic E-state index is -2.95. The quantitative estimate of drug-likeness (QED) is 0.383. The smallest absolute Gasteiger partial charge is 0.387 e. The molecule has 1 aromatic carbocycles. The van der Waals surface area contributed by atoms with Gasteiger partial charge in [-0.25, -0.2) is 4.79 Å². The molecule has 1 heterocycles. The van der Waals surface area contributed by atoms with Crippen LogP contribution in [0.3, 0.4) is 0 Å². The van der Waals surface area contributed by atoms with E-state index in [1.807, 2.05) is 6.92 Å². The SMILES string of the molecule is CCOC(=O)c1c(NC(=S)Nc2cc(C)ccc2OC(F)F)sc2c1CCCCCC2. The highest BCUT2D eigenvalue weighted by Gasteiger charge is 2.26. The standard InChI is InChI=1S/C22H26F2N2O3S2/c1-3-28-20(27)18-14-8-6-4-5-7-9-17(14)31-19(18)26-22(30)25-15-12-13(2)10-11-16(15)29-21(23)24/h10-12,21H,3-9H2,1-2H3,(H2,25,26,30). The summed E-state index contributed by atoms with van der Waals surface area (Å²) in [6.07, 6.45) is 6.16. The number of carbonyl (C=O) groups is 1. The number of ether oxygens (including phenoxy) is 2. The van der Waals surface area contributed by atoms with E-state index in [-0.39, 0.29) is 23.4 Å². The number of carbonyl (C=O) groups excluding carboxylic acids is 1. The molecular formula is C22H26F2N2O3S2. The Morgan fingerprint density at radius 3 is 2.65 bits per heavy atom. The third-order valence-electron chi connectivity index (χ3n) is 4.98. The molecule has 0 radical (unpaired) electrons. The average molecular weight is 469 g/mol. The van der Waals surface area contributed by atoms with E-state index in [9.17, 15) is 13.6 Å². The summed E-state index contributed by atoms with van der Waals surface area (Å²) >= 11 is 6.93. The van der Waals surface area contributed by atoms with E-state index >= 15 is 0 Å². The number of aryl methyl sites for hydroxylation is 2. The van der Waals surface area contributed by atoms with Crippen molar-refractivity contribution in [3.8, 4) is 5.75 Å². The first-order chi connectivity index (χ1) is 14.9. The summed E-state index contributed by atoms with van der Waals surface area (Å²) < 4.78 is 35.4. The van der Waals surface area contributed by atoms with Crippen molar-refractivity contribution in [3.63, 3.8) is 0 Å². The lowest BCUT2D eigenvalue weighted by Crippen LogP contribution is -2.21. The number of nitrogens with one attached hydrogen (secondary N) is 2. The van der Waals surface area contributed by atoms with Crippen LogP contribution >= 0.6 is 23.6 Å². The lowest BCUT2D eigenvalue weighted by Gasteiger charge is -2.15. The summed E-state index contributed by atoms with van der Waals surface area (Å²) in [5.74, 6) is -0.378. The zero-order chi connectivity index (χ0) is 22.4.